The number of pyridine rings is 1. The third-order valence-corrected chi connectivity index (χ3v) is 6.97. The van der Waals surface area contributed by atoms with Gasteiger partial charge in [-0.1, -0.05) is 24.8 Å². The number of halogens is 4. The summed E-state index contributed by atoms with van der Waals surface area (Å²) in [5.74, 6) is 0.0492. The van der Waals surface area contributed by atoms with E-state index in [-0.39, 0.29) is 30.1 Å². The molecule has 194 valence electrons. The van der Waals surface area contributed by atoms with Crippen molar-refractivity contribution in [2.24, 2.45) is 5.92 Å². The van der Waals surface area contributed by atoms with Crippen molar-refractivity contribution in [1.29, 1.82) is 0 Å². The highest BCUT2D eigenvalue weighted by molar-refractivity contribution is 6.00. The van der Waals surface area contributed by atoms with Gasteiger partial charge in [0, 0.05) is 35.0 Å². The first-order valence-corrected chi connectivity index (χ1v) is 12.3. The normalized spacial score (nSPS) is 22.8. The zero-order valence-corrected chi connectivity index (χ0v) is 20.5. The first-order chi connectivity index (χ1) is 17.0. The molecule has 1 aromatic heterocycles. The number of rotatable bonds is 8. The van der Waals surface area contributed by atoms with Gasteiger partial charge in [-0.2, -0.15) is 13.2 Å². The SMILES string of the molecule is C=C(c1nc(/C=C/CNC(=O)C2CC2)cc2c(N[C@@H]3CC[C@@H](N(C)C)C[C@@H]3F)cccc12)C(F)(F)F. The molecule has 0 bridgehead atoms. The van der Waals surface area contributed by atoms with Gasteiger partial charge in [-0.3, -0.25) is 4.79 Å². The molecule has 9 heteroatoms. The van der Waals surface area contributed by atoms with Crippen LogP contribution in [0, 0.1) is 5.92 Å². The molecule has 0 saturated heterocycles. The fraction of sp³-hybridized carbons (Fsp3) is 0.481. The van der Waals surface area contributed by atoms with Gasteiger partial charge < -0.3 is 15.5 Å². The number of nitrogens with one attached hydrogen (secondary N) is 2. The van der Waals surface area contributed by atoms with Gasteiger partial charge in [0.2, 0.25) is 5.91 Å². The Morgan fingerprint density at radius 2 is 1.94 bits per heavy atom. The van der Waals surface area contributed by atoms with Gasteiger partial charge in [0.25, 0.3) is 0 Å². The third kappa shape index (κ3) is 6.06. The molecule has 1 aromatic carbocycles. The molecule has 0 unspecified atom stereocenters. The highest BCUT2D eigenvalue weighted by Crippen LogP contribution is 2.38. The minimum Gasteiger partial charge on any atom is -0.379 e. The predicted octanol–water partition coefficient (Wildman–Crippen LogP) is 5.58. The number of allylic oxidation sites excluding steroid dienone is 1. The molecule has 2 fully saturated rings. The number of benzene rings is 1. The summed E-state index contributed by atoms with van der Waals surface area (Å²) >= 11 is 0. The minimum absolute atomic E-state index is 0.0199. The van der Waals surface area contributed by atoms with E-state index in [4.69, 9.17) is 0 Å². The third-order valence-electron chi connectivity index (χ3n) is 6.97. The van der Waals surface area contributed by atoms with E-state index in [1.807, 2.05) is 19.0 Å². The molecule has 2 N–H and O–H groups in total. The Kier molecular flexibility index (Phi) is 7.68. The van der Waals surface area contributed by atoms with Crippen molar-refractivity contribution in [2.45, 2.75) is 56.5 Å². The van der Waals surface area contributed by atoms with Crippen LogP contribution in [0.2, 0.25) is 0 Å². The molecular weight excluding hydrogens is 472 g/mol. The van der Waals surface area contributed by atoms with Gasteiger partial charge in [-0.05, 0) is 64.4 Å². The lowest BCUT2D eigenvalue weighted by molar-refractivity contribution is -0.122. The predicted molar refractivity (Wildman–Crippen MR) is 135 cm³/mol. The second-order valence-electron chi connectivity index (χ2n) is 9.89. The van der Waals surface area contributed by atoms with Crippen LogP contribution in [0.3, 0.4) is 0 Å². The second kappa shape index (κ2) is 10.6. The Hall–Kier alpha value is -2.94. The van der Waals surface area contributed by atoms with E-state index in [1.165, 1.54) is 0 Å². The Labute approximate surface area is 208 Å². The van der Waals surface area contributed by atoms with Crippen LogP contribution in [0.5, 0.6) is 0 Å². The molecule has 1 heterocycles. The molecule has 36 heavy (non-hydrogen) atoms. The lowest BCUT2D eigenvalue weighted by atomic mass is 9.88. The largest absolute Gasteiger partial charge is 0.417 e. The summed E-state index contributed by atoms with van der Waals surface area (Å²) in [4.78, 5) is 18.1. The van der Waals surface area contributed by atoms with Gasteiger partial charge in [0.1, 0.15) is 6.17 Å². The molecule has 3 atom stereocenters. The van der Waals surface area contributed by atoms with Crippen LogP contribution in [0.4, 0.5) is 23.2 Å². The standard InChI is InChI=1S/C27H32F4N4O/c1-16(27(29,30)31)25-20-7-4-8-23(34-24-12-11-19(35(2)3)15-22(24)28)21(20)14-18(33-25)6-5-13-32-26(36)17-9-10-17/h4-8,14,17,19,22,24,34H,1,9-13,15H2,2-3H3,(H,32,36)/b6-5+/t19-,22+,24-/m1/s1. The number of fused-ring (bicyclic) bond motifs is 1. The molecule has 0 spiro atoms. The van der Waals surface area contributed by atoms with E-state index in [9.17, 15) is 18.0 Å². The first kappa shape index (κ1) is 26.1. The molecule has 2 aromatic rings. The van der Waals surface area contributed by atoms with E-state index >= 15 is 4.39 Å². The van der Waals surface area contributed by atoms with Crippen molar-refractivity contribution in [3.8, 4) is 0 Å². The van der Waals surface area contributed by atoms with Crippen molar-refractivity contribution >= 4 is 34.0 Å². The molecule has 0 aliphatic heterocycles. The van der Waals surface area contributed by atoms with Crippen molar-refractivity contribution < 1.29 is 22.4 Å². The number of nitrogens with zero attached hydrogens (tertiary/aromatic N) is 2. The summed E-state index contributed by atoms with van der Waals surface area (Å²) in [7, 11) is 3.87. The number of aromatic nitrogens is 1. The number of hydrogen-bond acceptors (Lipinski definition) is 4. The van der Waals surface area contributed by atoms with Gasteiger partial charge in [0.15, 0.2) is 0 Å². The topological polar surface area (TPSA) is 57.3 Å². The van der Waals surface area contributed by atoms with Gasteiger partial charge >= 0.3 is 6.18 Å². The summed E-state index contributed by atoms with van der Waals surface area (Å²) < 4.78 is 55.9. The Balaban J connectivity index is 1.64. The molecule has 5 nitrogen and oxygen atoms in total. The molecule has 2 aliphatic carbocycles. The van der Waals surface area contributed by atoms with Crippen LogP contribution < -0.4 is 10.6 Å². The molecular formula is C27H32F4N4O. The first-order valence-electron chi connectivity index (χ1n) is 12.3. The smallest absolute Gasteiger partial charge is 0.379 e. The maximum Gasteiger partial charge on any atom is 0.417 e. The summed E-state index contributed by atoms with van der Waals surface area (Å²) in [5.41, 5.74) is -0.458. The fourth-order valence-electron chi connectivity index (χ4n) is 4.63. The summed E-state index contributed by atoms with van der Waals surface area (Å²) in [6, 6.07) is 6.36. The van der Waals surface area contributed by atoms with E-state index in [2.05, 4.69) is 22.2 Å². The Morgan fingerprint density at radius 3 is 2.58 bits per heavy atom. The number of carbonyl (C=O) groups is 1. The van der Waals surface area contributed by atoms with Crippen LogP contribution in [0.1, 0.15) is 43.5 Å². The second-order valence-corrected chi connectivity index (χ2v) is 9.89. The minimum atomic E-state index is -4.65. The number of amides is 1. The Bertz CT molecular complexity index is 1160. The summed E-state index contributed by atoms with van der Waals surface area (Å²) in [5, 5.41) is 6.84. The lowest BCUT2D eigenvalue weighted by Gasteiger charge is -2.36. The molecule has 2 aliphatic rings. The van der Waals surface area contributed by atoms with Crippen molar-refractivity contribution in [3.63, 3.8) is 0 Å². The zero-order valence-electron chi connectivity index (χ0n) is 20.5. The van der Waals surface area contributed by atoms with Crippen molar-refractivity contribution in [1.82, 2.24) is 15.2 Å². The van der Waals surface area contributed by atoms with Gasteiger partial charge in [0.05, 0.1) is 23.0 Å². The summed E-state index contributed by atoms with van der Waals surface area (Å²) in [6.07, 6.45) is 1.11. The van der Waals surface area contributed by atoms with Gasteiger partial charge in [-0.15, -0.1) is 0 Å². The lowest BCUT2D eigenvalue weighted by Crippen LogP contribution is -2.43. The van der Waals surface area contributed by atoms with E-state index in [0.717, 1.165) is 19.3 Å². The molecule has 2 saturated carbocycles. The number of hydrogen-bond donors (Lipinski definition) is 2. The van der Waals surface area contributed by atoms with Crippen LogP contribution in [-0.2, 0) is 4.79 Å². The highest BCUT2D eigenvalue weighted by atomic mass is 19.4. The van der Waals surface area contributed by atoms with Crippen LogP contribution in [-0.4, -0.2) is 60.9 Å². The van der Waals surface area contributed by atoms with Crippen LogP contribution >= 0.6 is 0 Å². The van der Waals surface area contributed by atoms with Crippen molar-refractivity contribution in [3.05, 3.63) is 48.3 Å². The maximum atomic E-state index is 15.0. The number of alkyl halides is 4. The highest BCUT2D eigenvalue weighted by Gasteiger charge is 2.36. The quantitative estimate of drug-likeness (QED) is 0.461. The number of anilines is 1. The van der Waals surface area contributed by atoms with E-state index in [1.54, 1.807) is 36.4 Å². The number of carbonyl (C=O) groups excluding carboxylic acids is 1. The average molecular weight is 505 g/mol. The summed E-state index contributed by atoms with van der Waals surface area (Å²) in [6.45, 7) is 3.52. The van der Waals surface area contributed by atoms with Gasteiger partial charge in [-0.25, -0.2) is 9.37 Å². The fourth-order valence-corrected chi connectivity index (χ4v) is 4.63. The van der Waals surface area contributed by atoms with E-state index < -0.39 is 24.0 Å². The molecule has 4 rings (SSSR count). The maximum absolute atomic E-state index is 15.0. The Morgan fingerprint density at radius 1 is 1.19 bits per heavy atom. The average Bonchev–Trinajstić information content (AvgIpc) is 3.67. The molecule has 0 radical (unpaired) electrons. The van der Waals surface area contributed by atoms with Crippen LogP contribution in [0.25, 0.3) is 22.4 Å². The van der Waals surface area contributed by atoms with Crippen LogP contribution in [0.15, 0.2) is 36.9 Å². The van der Waals surface area contributed by atoms with Crippen molar-refractivity contribution in [2.75, 3.05) is 26.0 Å². The van der Waals surface area contributed by atoms with E-state index in [0.29, 0.717) is 35.0 Å². The zero-order chi connectivity index (χ0) is 26.0. The monoisotopic (exact) mass is 504 g/mol. The molecule has 1 amide bonds.